The van der Waals surface area contributed by atoms with Gasteiger partial charge in [0.25, 0.3) is 5.91 Å². The van der Waals surface area contributed by atoms with E-state index in [4.69, 9.17) is 0 Å². The van der Waals surface area contributed by atoms with Crippen LogP contribution in [0.15, 0.2) is 35.3 Å². The summed E-state index contributed by atoms with van der Waals surface area (Å²) in [4.78, 5) is 15.0. The number of quaternary nitrogens is 1. The van der Waals surface area contributed by atoms with Gasteiger partial charge in [-0.3, -0.25) is 4.79 Å². The summed E-state index contributed by atoms with van der Waals surface area (Å²) in [7, 11) is 1.62. The third-order valence-corrected chi connectivity index (χ3v) is 4.23. The van der Waals surface area contributed by atoms with Crippen molar-refractivity contribution in [3.63, 3.8) is 0 Å². The SMILES string of the molecule is C[C@H](O)N1C=Cc2c(cn(C)c2C(=O)Nc2ccnc(Br)c2)[N+](O)(O)N1. The van der Waals surface area contributed by atoms with Crippen LogP contribution >= 0.6 is 15.9 Å². The maximum absolute atomic E-state index is 12.8. The van der Waals surface area contributed by atoms with Crippen molar-refractivity contribution in [2.75, 3.05) is 5.32 Å². The van der Waals surface area contributed by atoms with Crippen molar-refractivity contribution in [2.24, 2.45) is 7.05 Å². The van der Waals surface area contributed by atoms with E-state index in [0.29, 0.717) is 15.9 Å². The molecular formula is C15H18BrN6O4+. The van der Waals surface area contributed by atoms with Crippen LogP contribution in [0.5, 0.6) is 0 Å². The lowest BCUT2D eigenvalue weighted by atomic mass is 10.2. The molecule has 1 amide bonds. The van der Waals surface area contributed by atoms with Crippen molar-refractivity contribution in [3.8, 4) is 0 Å². The Morgan fingerprint density at radius 2 is 2.19 bits per heavy atom. The van der Waals surface area contributed by atoms with Crippen molar-refractivity contribution < 1.29 is 20.3 Å². The monoisotopic (exact) mass is 425 g/mol. The van der Waals surface area contributed by atoms with E-state index in [1.807, 2.05) is 0 Å². The maximum atomic E-state index is 12.8. The molecule has 0 aromatic carbocycles. The van der Waals surface area contributed by atoms with E-state index in [2.05, 4.69) is 31.8 Å². The summed E-state index contributed by atoms with van der Waals surface area (Å²) in [6.07, 6.45) is 4.84. The molecule has 0 saturated carbocycles. The second kappa shape index (κ2) is 6.79. The number of fused-ring (bicyclic) bond motifs is 1. The number of hydrogen-bond donors (Lipinski definition) is 5. The van der Waals surface area contributed by atoms with E-state index in [1.54, 1.807) is 25.4 Å². The average Bonchev–Trinajstić information content (AvgIpc) is 2.82. The average molecular weight is 426 g/mol. The summed E-state index contributed by atoms with van der Waals surface area (Å²) in [5.74, 6) is -0.443. The maximum Gasteiger partial charge on any atom is 0.273 e. The Balaban J connectivity index is 2.01. The van der Waals surface area contributed by atoms with Gasteiger partial charge in [-0.1, -0.05) is 0 Å². The van der Waals surface area contributed by atoms with E-state index in [0.717, 1.165) is 5.01 Å². The third kappa shape index (κ3) is 3.49. The largest absolute Gasteiger partial charge is 0.372 e. The van der Waals surface area contributed by atoms with Gasteiger partial charge in [0.1, 0.15) is 16.5 Å². The van der Waals surface area contributed by atoms with Gasteiger partial charge in [0, 0.05) is 30.7 Å². The summed E-state index contributed by atoms with van der Waals surface area (Å²) >= 11 is 3.24. The zero-order valence-corrected chi connectivity index (χ0v) is 15.5. The molecule has 1 atom stereocenters. The van der Waals surface area contributed by atoms with Gasteiger partial charge in [0.15, 0.2) is 0 Å². The van der Waals surface area contributed by atoms with Crippen molar-refractivity contribution in [1.29, 1.82) is 0 Å². The zero-order chi connectivity index (χ0) is 19.1. The minimum Gasteiger partial charge on any atom is -0.372 e. The number of amides is 1. The Morgan fingerprint density at radius 3 is 2.85 bits per heavy atom. The highest BCUT2D eigenvalue weighted by Gasteiger charge is 2.39. The van der Waals surface area contributed by atoms with Crippen LogP contribution in [-0.4, -0.2) is 42.2 Å². The van der Waals surface area contributed by atoms with Gasteiger partial charge < -0.3 is 15.0 Å². The molecule has 1 aliphatic heterocycles. The highest BCUT2D eigenvalue weighted by Crippen LogP contribution is 2.31. The summed E-state index contributed by atoms with van der Waals surface area (Å²) < 4.78 is 2.05. The lowest BCUT2D eigenvalue weighted by Crippen LogP contribution is -2.61. The van der Waals surface area contributed by atoms with Gasteiger partial charge in [-0.25, -0.2) is 9.99 Å². The smallest absolute Gasteiger partial charge is 0.273 e. The number of anilines is 1. The number of rotatable bonds is 3. The predicted molar refractivity (Wildman–Crippen MR) is 96.4 cm³/mol. The van der Waals surface area contributed by atoms with Gasteiger partial charge in [0.05, 0.1) is 16.7 Å². The van der Waals surface area contributed by atoms with Gasteiger partial charge in [-0.05, 0) is 41.1 Å². The van der Waals surface area contributed by atoms with E-state index >= 15 is 0 Å². The first-order valence-corrected chi connectivity index (χ1v) is 8.38. The predicted octanol–water partition coefficient (Wildman–Crippen LogP) is 1.56. The van der Waals surface area contributed by atoms with E-state index < -0.39 is 17.1 Å². The number of hydrazine groups is 1. The molecule has 0 saturated heterocycles. The number of aliphatic hydroxyl groups is 1. The molecule has 26 heavy (non-hydrogen) atoms. The number of aliphatic hydroxyl groups excluding tert-OH is 1. The normalized spacial score (nSPS) is 16.8. The molecule has 0 unspecified atom stereocenters. The molecular weight excluding hydrogens is 408 g/mol. The number of nitrogens with one attached hydrogen (secondary N) is 2. The standard InChI is InChI=1S/C15H17BrN6O4/c1-9(23)21-6-4-11-12(22(25,26)19-21)8-20(2)14(11)15(24)18-10-3-5-17-13(16)7-10/h3-9,19,23,25-26H,1-2H3/p+1/t9-/m0/s1. The van der Waals surface area contributed by atoms with Crippen LogP contribution in [0.2, 0.25) is 0 Å². The van der Waals surface area contributed by atoms with E-state index in [-0.39, 0.29) is 11.4 Å². The minimum atomic E-state index is -1.73. The van der Waals surface area contributed by atoms with E-state index in [1.165, 1.54) is 30.0 Å². The molecule has 2 aromatic rings. The fourth-order valence-electron chi connectivity index (χ4n) is 2.61. The molecule has 0 bridgehead atoms. The lowest BCUT2D eigenvalue weighted by Gasteiger charge is -2.27. The first-order valence-electron chi connectivity index (χ1n) is 7.59. The molecule has 1 aliphatic rings. The van der Waals surface area contributed by atoms with Crippen molar-refractivity contribution >= 4 is 39.3 Å². The van der Waals surface area contributed by atoms with Gasteiger partial charge in [-0.2, -0.15) is 10.4 Å². The van der Waals surface area contributed by atoms with Crippen LogP contribution in [0.25, 0.3) is 6.08 Å². The summed E-state index contributed by atoms with van der Waals surface area (Å²) in [6.45, 7) is 1.45. The topological polar surface area (TPSA) is 123 Å². The number of carbonyl (C=O) groups is 1. The number of nitrogens with zero attached hydrogens (tertiary/aromatic N) is 4. The van der Waals surface area contributed by atoms with E-state index in [9.17, 15) is 20.3 Å². The minimum absolute atomic E-state index is 0.0213. The number of pyridine rings is 1. The van der Waals surface area contributed by atoms with Crippen LogP contribution in [0.3, 0.4) is 0 Å². The molecule has 2 aromatic heterocycles. The fraction of sp³-hybridized carbons (Fsp3) is 0.200. The van der Waals surface area contributed by atoms with Gasteiger partial charge in [0.2, 0.25) is 5.69 Å². The number of carbonyl (C=O) groups excluding carboxylic acids is 1. The molecule has 0 spiro atoms. The fourth-order valence-corrected chi connectivity index (χ4v) is 2.97. The van der Waals surface area contributed by atoms with Crippen molar-refractivity contribution in [1.82, 2.24) is 25.0 Å². The number of hydrogen-bond acceptors (Lipinski definition) is 7. The Kier molecular flexibility index (Phi) is 4.84. The first kappa shape index (κ1) is 18.5. The van der Waals surface area contributed by atoms with Crippen molar-refractivity contribution in [3.05, 3.63) is 46.6 Å². The number of aryl methyl sites for hydroxylation is 1. The highest BCUT2D eigenvalue weighted by molar-refractivity contribution is 9.10. The molecule has 3 heterocycles. The second-order valence-electron chi connectivity index (χ2n) is 5.77. The summed E-state index contributed by atoms with van der Waals surface area (Å²) in [6, 6.07) is 3.28. The zero-order valence-electron chi connectivity index (χ0n) is 14.0. The highest BCUT2D eigenvalue weighted by atomic mass is 79.9. The Morgan fingerprint density at radius 1 is 1.46 bits per heavy atom. The van der Waals surface area contributed by atoms with Gasteiger partial charge >= 0.3 is 0 Å². The molecule has 10 nitrogen and oxygen atoms in total. The van der Waals surface area contributed by atoms with Crippen LogP contribution in [0.1, 0.15) is 23.0 Å². The third-order valence-electron chi connectivity index (χ3n) is 3.79. The molecule has 0 radical (unpaired) electrons. The number of halogens is 1. The van der Waals surface area contributed by atoms with Crippen LogP contribution < -0.4 is 15.8 Å². The second-order valence-corrected chi connectivity index (χ2v) is 6.58. The molecule has 138 valence electrons. The lowest BCUT2D eigenvalue weighted by molar-refractivity contribution is -0.355. The number of aromatic nitrogens is 2. The van der Waals surface area contributed by atoms with Crippen LogP contribution in [-0.2, 0) is 7.05 Å². The quantitative estimate of drug-likeness (QED) is 0.373. The summed E-state index contributed by atoms with van der Waals surface area (Å²) in [5.41, 5.74) is 3.39. The molecule has 5 N–H and O–H groups in total. The first-order chi connectivity index (χ1) is 12.2. The van der Waals surface area contributed by atoms with Crippen molar-refractivity contribution in [2.45, 2.75) is 13.2 Å². The summed E-state index contributed by atoms with van der Waals surface area (Å²) in [5, 5.41) is 34.1. The Labute approximate surface area is 157 Å². The van der Waals surface area contributed by atoms with Crippen LogP contribution in [0.4, 0.5) is 11.4 Å². The molecule has 0 fully saturated rings. The van der Waals surface area contributed by atoms with Crippen LogP contribution in [0, 0.1) is 0 Å². The Hall–Kier alpha value is -2.28. The molecule has 0 aliphatic carbocycles. The van der Waals surface area contributed by atoms with Gasteiger partial charge in [-0.15, -0.1) is 0 Å². The Bertz CT molecular complexity index is 879. The molecule has 3 rings (SSSR count). The molecule has 11 heteroatoms.